The molecule has 0 spiro atoms. The van der Waals surface area contributed by atoms with E-state index in [2.05, 4.69) is 50.6 Å². The maximum Gasteiger partial charge on any atom is 0.481 e. The average molecular weight is 603 g/mol. The predicted octanol–water partition coefficient (Wildman–Crippen LogP) is 3.12. The first-order valence-electron chi connectivity index (χ1n) is 15.1. The summed E-state index contributed by atoms with van der Waals surface area (Å²) < 4.78 is 27.0. The number of nitro groups is 1. The molecule has 5 rings (SSSR count). The van der Waals surface area contributed by atoms with E-state index in [9.17, 15) is 24.1 Å². The number of carbonyl (C=O) groups is 2. The number of nitrogens with zero attached hydrogens (tertiary/aromatic N) is 1. The molecule has 1 aromatic carbocycles. The molecular weight excluding hydrogens is 558 g/mol. The maximum atomic E-state index is 13.8. The second-order valence-corrected chi connectivity index (χ2v) is 13.4. The van der Waals surface area contributed by atoms with E-state index >= 15 is 0 Å². The van der Waals surface area contributed by atoms with E-state index in [1.807, 2.05) is 0 Å². The molecule has 1 aromatic rings. The normalized spacial score (nSPS) is 26.5. The Labute approximate surface area is 252 Å². The summed E-state index contributed by atoms with van der Waals surface area (Å²) in [7, 11) is -0.636. The Bertz CT molecular complexity index is 1250. The van der Waals surface area contributed by atoms with Gasteiger partial charge in [0, 0.05) is 12.1 Å². The molecule has 14 heteroatoms. The zero-order valence-corrected chi connectivity index (χ0v) is 25.8. The third kappa shape index (κ3) is 7.12. The summed E-state index contributed by atoms with van der Waals surface area (Å²) in [5, 5.41) is 25.7. The van der Waals surface area contributed by atoms with Crippen molar-refractivity contribution in [2.75, 3.05) is 6.54 Å². The molecule has 0 aromatic heterocycles. The van der Waals surface area contributed by atoms with Crippen molar-refractivity contribution < 1.29 is 28.3 Å². The molecule has 2 amide bonds. The van der Waals surface area contributed by atoms with Gasteiger partial charge in [-0.15, -0.1) is 0 Å². The van der Waals surface area contributed by atoms with Crippen LogP contribution in [0.15, 0.2) is 18.2 Å². The number of benzene rings is 1. The molecule has 2 bridgehead atoms. The summed E-state index contributed by atoms with van der Waals surface area (Å²) >= 11 is 0. The zero-order chi connectivity index (χ0) is 31.7. The zero-order valence-electron chi connectivity index (χ0n) is 25.8. The summed E-state index contributed by atoms with van der Waals surface area (Å²) in [6, 6.07) is 3.01. The van der Waals surface area contributed by atoms with Crippen LogP contribution in [0.3, 0.4) is 0 Å². The first kappa shape index (κ1) is 32.7. The molecule has 43 heavy (non-hydrogen) atoms. The lowest BCUT2D eigenvalue weighted by molar-refractivity contribution is -0.525. The monoisotopic (exact) mass is 602 g/mol. The fourth-order valence-corrected chi connectivity index (χ4v) is 7.05. The van der Waals surface area contributed by atoms with Crippen molar-refractivity contribution >= 4 is 24.9 Å². The molecule has 12 nitrogen and oxygen atoms in total. The highest BCUT2D eigenvalue weighted by molar-refractivity contribution is 6.48. The third-order valence-electron chi connectivity index (χ3n) is 9.57. The number of carbonyl (C=O) groups excluding carboxylic acids is 2. The fourth-order valence-electron chi connectivity index (χ4n) is 7.05. The standard InChI is InChI=1S/C29H44BFN6O6/c1-16(2)12-24(30-42-23-15-19-14-22(28(19,4)5)29(23,6)43-30)35-26(39)21(8-7-11-33-27(32)36-37(40)41)34-25(38)18-9-10-20(31)17(3)13-18/h9-10,13,16,19,21-24H,7-8,11-12,14-15H2,1-6H3,(H,34,38)(H,35,39)(H3,32,33,36)/t19-,21-,22-,23+,24-,29-/m0/s1. The van der Waals surface area contributed by atoms with Crippen molar-refractivity contribution in [3.05, 3.63) is 45.3 Å². The highest BCUT2D eigenvalue weighted by Gasteiger charge is 2.68. The molecule has 0 unspecified atom stereocenters. The van der Waals surface area contributed by atoms with Crippen LogP contribution in [0.4, 0.5) is 4.39 Å². The summed E-state index contributed by atoms with van der Waals surface area (Å²) in [6.07, 6.45) is 3.06. The lowest BCUT2D eigenvalue weighted by Crippen LogP contribution is -2.65. The topological polar surface area (TPSA) is 168 Å². The number of amides is 2. The van der Waals surface area contributed by atoms with E-state index < -0.39 is 53.3 Å². The number of hydrogen-bond donors (Lipinski definition) is 5. The van der Waals surface area contributed by atoms with Crippen LogP contribution in [0, 0.1) is 51.4 Å². The Hall–Kier alpha value is -3.26. The number of guanidine groups is 1. The minimum absolute atomic E-state index is 0.0489. The molecular formula is C29H44BFN6O6. The van der Waals surface area contributed by atoms with Gasteiger partial charge in [-0.05, 0) is 92.9 Å². The minimum atomic E-state index is -0.974. The van der Waals surface area contributed by atoms with Gasteiger partial charge in [0.25, 0.3) is 11.9 Å². The molecule has 236 valence electrons. The maximum absolute atomic E-state index is 13.8. The highest BCUT2D eigenvalue weighted by atomic mass is 19.1. The van der Waals surface area contributed by atoms with E-state index in [0.717, 1.165) is 12.8 Å². The van der Waals surface area contributed by atoms with Crippen molar-refractivity contribution in [2.45, 2.75) is 97.3 Å². The smallest absolute Gasteiger partial charge is 0.404 e. The third-order valence-corrected chi connectivity index (χ3v) is 9.57. The molecule has 3 saturated carbocycles. The van der Waals surface area contributed by atoms with E-state index in [0.29, 0.717) is 30.2 Å². The second-order valence-electron chi connectivity index (χ2n) is 13.4. The Kier molecular flexibility index (Phi) is 9.70. The van der Waals surface area contributed by atoms with Gasteiger partial charge in [0.05, 0.1) is 17.6 Å². The number of halogens is 1. The number of nitrogens with one attached hydrogen (secondary N) is 5. The van der Waals surface area contributed by atoms with Crippen LogP contribution in [0.1, 0.15) is 82.6 Å². The number of rotatable bonds is 12. The molecule has 4 aliphatic rings. The van der Waals surface area contributed by atoms with E-state index in [1.165, 1.54) is 18.2 Å². The summed E-state index contributed by atoms with van der Waals surface area (Å²) in [5.74, 6) is -1.17. The predicted molar refractivity (Wildman–Crippen MR) is 159 cm³/mol. The van der Waals surface area contributed by atoms with E-state index in [1.54, 1.807) is 12.3 Å². The quantitative estimate of drug-likeness (QED) is 0.0608. The van der Waals surface area contributed by atoms with Crippen LogP contribution in [0.5, 0.6) is 0 Å². The average Bonchev–Trinajstić information content (AvgIpc) is 3.27. The molecule has 4 fully saturated rings. The van der Waals surface area contributed by atoms with Gasteiger partial charge in [-0.25, -0.2) is 14.5 Å². The SMILES string of the molecule is Cc1cc(C(=O)N[C@@H](CCCNC(=N)N[N+](=O)[O-])C(=O)N[C@@H](CC(C)C)B2O[C@@H]3C[C@@H]4C[C@@H](C4(C)C)[C@]3(C)O2)ccc1F. The van der Waals surface area contributed by atoms with Crippen LogP contribution in [-0.4, -0.2) is 60.2 Å². The first-order valence-corrected chi connectivity index (χ1v) is 15.1. The first-order chi connectivity index (χ1) is 20.1. The van der Waals surface area contributed by atoms with Crippen molar-refractivity contribution in [1.82, 2.24) is 21.4 Å². The molecule has 1 saturated heterocycles. The van der Waals surface area contributed by atoms with Gasteiger partial charge in [-0.2, -0.15) is 0 Å². The van der Waals surface area contributed by atoms with Crippen molar-refractivity contribution in [3.63, 3.8) is 0 Å². The lowest BCUT2D eigenvalue weighted by atomic mass is 9.43. The van der Waals surface area contributed by atoms with Crippen LogP contribution in [-0.2, 0) is 14.1 Å². The molecule has 5 N–H and O–H groups in total. The van der Waals surface area contributed by atoms with Crippen LogP contribution in [0.25, 0.3) is 0 Å². The van der Waals surface area contributed by atoms with Crippen molar-refractivity contribution in [3.8, 4) is 0 Å². The number of hydrogen-bond acceptors (Lipinski definition) is 7. The van der Waals surface area contributed by atoms with Crippen molar-refractivity contribution in [2.24, 2.45) is 23.2 Å². The van der Waals surface area contributed by atoms with Crippen molar-refractivity contribution in [1.29, 1.82) is 5.41 Å². The van der Waals surface area contributed by atoms with Crippen LogP contribution in [0.2, 0.25) is 0 Å². The van der Waals surface area contributed by atoms with Gasteiger partial charge in [0.2, 0.25) is 5.91 Å². The molecule has 6 atom stereocenters. The van der Waals surface area contributed by atoms with Gasteiger partial charge < -0.3 is 25.3 Å². The fraction of sp³-hybridized carbons (Fsp3) is 0.690. The van der Waals surface area contributed by atoms with Crippen LogP contribution >= 0.6 is 0 Å². The van der Waals surface area contributed by atoms with Gasteiger partial charge in [-0.1, -0.05) is 33.1 Å². The largest absolute Gasteiger partial charge is 0.481 e. The molecule has 1 aliphatic heterocycles. The van der Waals surface area contributed by atoms with E-state index in [-0.39, 0.29) is 36.0 Å². The van der Waals surface area contributed by atoms with Gasteiger partial charge in [-0.3, -0.25) is 15.0 Å². The molecule has 1 heterocycles. The van der Waals surface area contributed by atoms with E-state index in [4.69, 9.17) is 14.7 Å². The highest BCUT2D eigenvalue weighted by Crippen LogP contribution is 2.65. The number of hydrazine groups is 1. The second kappa shape index (κ2) is 12.8. The van der Waals surface area contributed by atoms with Crippen LogP contribution < -0.4 is 21.4 Å². The molecule has 0 radical (unpaired) electrons. The van der Waals surface area contributed by atoms with Gasteiger partial charge >= 0.3 is 7.12 Å². The summed E-state index contributed by atoms with van der Waals surface area (Å²) in [4.78, 5) is 37.4. The Morgan fingerprint density at radius 1 is 1.23 bits per heavy atom. The Morgan fingerprint density at radius 2 is 1.95 bits per heavy atom. The lowest BCUT2D eigenvalue weighted by Gasteiger charge is -2.64. The van der Waals surface area contributed by atoms with Gasteiger partial charge in [0.15, 0.2) is 5.03 Å². The molecule has 3 aliphatic carbocycles. The minimum Gasteiger partial charge on any atom is -0.404 e. The number of aryl methyl sites for hydroxylation is 1. The Morgan fingerprint density at radius 3 is 2.58 bits per heavy atom. The summed E-state index contributed by atoms with van der Waals surface area (Å²) in [6.45, 7) is 12.5. The van der Waals surface area contributed by atoms with Gasteiger partial charge in [0.1, 0.15) is 11.9 Å². The summed E-state index contributed by atoms with van der Waals surface area (Å²) in [5.41, 5.74) is 1.97. The Balaban J connectivity index is 1.47.